The van der Waals surface area contributed by atoms with Crippen LogP contribution in [0.4, 0.5) is 15.8 Å². The molecule has 1 aliphatic heterocycles. The minimum Gasteiger partial charge on any atom is -0.319 e. The molecular formula is C17H17FN2O3S. The van der Waals surface area contributed by atoms with Gasteiger partial charge in [0.1, 0.15) is 5.82 Å². The van der Waals surface area contributed by atoms with E-state index in [9.17, 15) is 17.6 Å². The molecule has 1 heterocycles. The Hall–Kier alpha value is -2.41. The normalized spacial score (nSPS) is 13.7. The van der Waals surface area contributed by atoms with Crippen LogP contribution in [0.1, 0.15) is 21.5 Å². The molecule has 0 aliphatic carbocycles. The summed E-state index contributed by atoms with van der Waals surface area (Å²) in [7, 11) is -3.32. The van der Waals surface area contributed by atoms with Gasteiger partial charge < -0.3 is 5.32 Å². The molecule has 0 saturated carbocycles. The Morgan fingerprint density at radius 2 is 1.96 bits per heavy atom. The molecule has 0 atom stereocenters. The van der Waals surface area contributed by atoms with Crippen LogP contribution in [-0.2, 0) is 16.4 Å². The van der Waals surface area contributed by atoms with Gasteiger partial charge in [-0.3, -0.25) is 9.10 Å². The van der Waals surface area contributed by atoms with E-state index in [2.05, 4.69) is 5.32 Å². The van der Waals surface area contributed by atoms with Gasteiger partial charge in [0.2, 0.25) is 10.0 Å². The Balaban J connectivity index is 1.86. The third-order valence-corrected chi connectivity index (χ3v) is 5.14. The van der Waals surface area contributed by atoms with E-state index in [1.165, 1.54) is 10.4 Å². The van der Waals surface area contributed by atoms with Crippen LogP contribution in [0.25, 0.3) is 0 Å². The lowest BCUT2D eigenvalue weighted by Gasteiger charge is -2.16. The first-order valence-corrected chi connectivity index (χ1v) is 9.29. The highest BCUT2D eigenvalue weighted by atomic mass is 32.2. The summed E-state index contributed by atoms with van der Waals surface area (Å²) in [5, 5.41) is 2.55. The van der Waals surface area contributed by atoms with Gasteiger partial charge in [0.15, 0.2) is 0 Å². The number of rotatable bonds is 3. The quantitative estimate of drug-likeness (QED) is 0.927. The third kappa shape index (κ3) is 3.12. The van der Waals surface area contributed by atoms with Crippen LogP contribution in [0.5, 0.6) is 0 Å². The van der Waals surface area contributed by atoms with Gasteiger partial charge in [0, 0.05) is 12.1 Å². The molecule has 1 aliphatic rings. The van der Waals surface area contributed by atoms with E-state index in [4.69, 9.17) is 0 Å². The summed E-state index contributed by atoms with van der Waals surface area (Å²) in [6.07, 6.45) is 1.70. The summed E-state index contributed by atoms with van der Waals surface area (Å²) in [5.74, 6) is -0.932. The minimum atomic E-state index is -3.32. The Labute approximate surface area is 140 Å². The second-order valence-electron chi connectivity index (χ2n) is 5.87. The number of carbonyl (C=O) groups is 1. The summed E-state index contributed by atoms with van der Waals surface area (Å²) in [6.45, 7) is 2.18. The second kappa shape index (κ2) is 5.90. The average Bonchev–Trinajstić information content (AvgIpc) is 2.94. The van der Waals surface area contributed by atoms with Gasteiger partial charge in [-0.05, 0) is 54.8 Å². The molecule has 0 bridgehead atoms. The van der Waals surface area contributed by atoms with Crippen molar-refractivity contribution in [1.29, 1.82) is 0 Å². The second-order valence-corrected chi connectivity index (χ2v) is 7.77. The lowest BCUT2D eigenvalue weighted by Crippen LogP contribution is -2.27. The molecule has 3 rings (SSSR count). The fraction of sp³-hybridized carbons (Fsp3) is 0.235. The maximum absolute atomic E-state index is 13.8. The van der Waals surface area contributed by atoms with E-state index >= 15 is 0 Å². The van der Waals surface area contributed by atoms with Crippen LogP contribution in [0.2, 0.25) is 0 Å². The number of carbonyl (C=O) groups excluding carboxylic acids is 1. The smallest absolute Gasteiger partial charge is 0.255 e. The molecule has 0 fully saturated rings. The molecule has 0 radical (unpaired) electrons. The molecule has 0 spiro atoms. The van der Waals surface area contributed by atoms with E-state index in [0.717, 1.165) is 17.4 Å². The van der Waals surface area contributed by atoms with Crippen molar-refractivity contribution < 1.29 is 17.6 Å². The van der Waals surface area contributed by atoms with Gasteiger partial charge in [0.05, 0.1) is 17.6 Å². The SMILES string of the molecule is Cc1ccc(F)c(NC(=O)c2ccc3c(c2)CCN3S(C)(=O)=O)c1. The summed E-state index contributed by atoms with van der Waals surface area (Å²) >= 11 is 0. The molecule has 0 unspecified atom stereocenters. The number of nitrogens with one attached hydrogen (secondary N) is 1. The minimum absolute atomic E-state index is 0.123. The number of fused-ring (bicyclic) bond motifs is 1. The van der Waals surface area contributed by atoms with Gasteiger partial charge in [-0.2, -0.15) is 0 Å². The molecule has 126 valence electrons. The van der Waals surface area contributed by atoms with Gasteiger partial charge in [-0.25, -0.2) is 12.8 Å². The number of nitrogens with zero attached hydrogens (tertiary/aromatic N) is 1. The van der Waals surface area contributed by atoms with E-state index in [1.807, 2.05) is 6.92 Å². The fourth-order valence-electron chi connectivity index (χ4n) is 2.79. The molecule has 1 N–H and O–H groups in total. The van der Waals surface area contributed by atoms with Crippen molar-refractivity contribution in [3.05, 3.63) is 58.9 Å². The number of anilines is 2. The summed E-state index contributed by atoms with van der Waals surface area (Å²) < 4.78 is 38.5. The number of aryl methyl sites for hydroxylation is 1. The van der Waals surface area contributed by atoms with Gasteiger partial charge in [-0.15, -0.1) is 0 Å². The summed E-state index contributed by atoms with van der Waals surface area (Å²) in [6, 6.07) is 9.31. The predicted octanol–water partition coefficient (Wildman–Crippen LogP) is 2.71. The molecule has 7 heteroatoms. The average molecular weight is 348 g/mol. The van der Waals surface area contributed by atoms with Crippen LogP contribution >= 0.6 is 0 Å². The first-order valence-electron chi connectivity index (χ1n) is 7.44. The Morgan fingerprint density at radius 1 is 1.21 bits per heavy atom. The number of amides is 1. The highest BCUT2D eigenvalue weighted by Gasteiger charge is 2.26. The fourth-order valence-corrected chi connectivity index (χ4v) is 3.74. The monoisotopic (exact) mass is 348 g/mol. The maximum Gasteiger partial charge on any atom is 0.255 e. The van der Waals surface area contributed by atoms with Crippen molar-refractivity contribution in [2.24, 2.45) is 0 Å². The molecule has 24 heavy (non-hydrogen) atoms. The van der Waals surface area contributed by atoms with Gasteiger partial charge in [-0.1, -0.05) is 6.07 Å². The van der Waals surface area contributed by atoms with E-state index < -0.39 is 21.7 Å². The van der Waals surface area contributed by atoms with Crippen LogP contribution in [0, 0.1) is 12.7 Å². The van der Waals surface area contributed by atoms with Crippen molar-refractivity contribution >= 4 is 27.3 Å². The van der Waals surface area contributed by atoms with Crippen molar-refractivity contribution in [1.82, 2.24) is 0 Å². The van der Waals surface area contributed by atoms with Crippen LogP contribution in [-0.4, -0.2) is 27.1 Å². The number of benzene rings is 2. The van der Waals surface area contributed by atoms with Crippen LogP contribution < -0.4 is 9.62 Å². The van der Waals surface area contributed by atoms with Crippen molar-refractivity contribution in [2.45, 2.75) is 13.3 Å². The molecule has 2 aromatic rings. The highest BCUT2D eigenvalue weighted by molar-refractivity contribution is 7.92. The van der Waals surface area contributed by atoms with Crippen LogP contribution in [0.3, 0.4) is 0 Å². The largest absolute Gasteiger partial charge is 0.319 e. The Morgan fingerprint density at radius 3 is 2.67 bits per heavy atom. The topological polar surface area (TPSA) is 66.5 Å². The van der Waals surface area contributed by atoms with E-state index in [0.29, 0.717) is 24.2 Å². The zero-order valence-electron chi connectivity index (χ0n) is 13.3. The molecule has 5 nitrogen and oxygen atoms in total. The van der Waals surface area contributed by atoms with Crippen molar-refractivity contribution in [3.8, 4) is 0 Å². The maximum atomic E-state index is 13.8. The summed E-state index contributed by atoms with van der Waals surface area (Å²) in [5.41, 5.74) is 2.71. The molecule has 0 saturated heterocycles. The molecule has 0 aromatic heterocycles. The van der Waals surface area contributed by atoms with Crippen molar-refractivity contribution in [2.75, 3.05) is 22.4 Å². The standard InChI is InChI=1S/C17H17FN2O3S/c1-11-3-5-14(18)15(9-11)19-17(21)13-4-6-16-12(10-13)7-8-20(16)24(2,22)23/h3-6,9-10H,7-8H2,1-2H3,(H,19,21). The Bertz CT molecular complexity index is 925. The zero-order valence-corrected chi connectivity index (χ0v) is 14.2. The van der Waals surface area contributed by atoms with Gasteiger partial charge in [0.25, 0.3) is 5.91 Å². The number of hydrogen-bond acceptors (Lipinski definition) is 3. The first-order chi connectivity index (χ1) is 11.3. The number of sulfonamides is 1. The lowest BCUT2D eigenvalue weighted by molar-refractivity contribution is 0.102. The van der Waals surface area contributed by atoms with Gasteiger partial charge >= 0.3 is 0 Å². The third-order valence-electron chi connectivity index (χ3n) is 3.97. The molecule has 1 amide bonds. The first kappa shape index (κ1) is 16.4. The summed E-state index contributed by atoms with van der Waals surface area (Å²) in [4.78, 5) is 12.3. The Kier molecular flexibility index (Phi) is 4.04. The van der Waals surface area contributed by atoms with Crippen molar-refractivity contribution in [3.63, 3.8) is 0 Å². The molecule has 2 aromatic carbocycles. The number of halogens is 1. The lowest BCUT2D eigenvalue weighted by atomic mass is 10.1. The predicted molar refractivity (Wildman–Crippen MR) is 91.4 cm³/mol. The van der Waals surface area contributed by atoms with E-state index in [1.54, 1.807) is 30.3 Å². The zero-order chi connectivity index (χ0) is 17.5. The molecular weight excluding hydrogens is 331 g/mol. The van der Waals surface area contributed by atoms with E-state index in [-0.39, 0.29) is 5.69 Å². The van der Waals surface area contributed by atoms with Crippen LogP contribution in [0.15, 0.2) is 36.4 Å². The highest BCUT2D eigenvalue weighted by Crippen LogP contribution is 2.31. The number of hydrogen-bond donors (Lipinski definition) is 1.